The molecule has 2 saturated heterocycles. The van der Waals surface area contributed by atoms with Crippen molar-refractivity contribution in [2.75, 3.05) is 37.6 Å². The van der Waals surface area contributed by atoms with Crippen LogP contribution in [0, 0.1) is 5.92 Å². The van der Waals surface area contributed by atoms with Gasteiger partial charge in [-0.1, -0.05) is 37.3 Å². The molecule has 2 aromatic rings. The van der Waals surface area contributed by atoms with Crippen molar-refractivity contribution in [3.8, 4) is 0 Å². The zero-order valence-corrected chi connectivity index (χ0v) is 17.2. The number of hydrogen-bond acceptors (Lipinski definition) is 4. The van der Waals surface area contributed by atoms with E-state index in [1.165, 1.54) is 23.4 Å². The number of hydrogen-bond donors (Lipinski definition) is 1. The molecule has 150 valence electrons. The summed E-state index contributed by atoms with van der Waals surface area (Å²) in [5.74, 6) is 1.38. The van der Waals surface area contributed by atoms with Crippen LogP contribution in [0.25, 0.3) is 0 Å². The minimum atomic E-state index is -0.0244. The highest BCUT2D eigenvalue weighted by atomic mass is 15.3. The number of rotatable bonds is 2. The van der Waals surface area contributed by atoms with E-state index in [9.17, 15) is 0 Å². The molecule has 1 aliphatic carbocycles. The topological polar surface area (TPSA) is 30.9 Å². The second kappa shape index (κ2) is 6.68. The standard InChI is InChI=1S/C25H30N4/c1-18-14-21-20-8-5-9-22-24(20)25(17-27-22,15-23(21)26-16-18)29-12-10-28(11-13-29)19-6-3-2-4-7-19/h2-9,17-18,21,23,26H,10-16H2,1H3/t18?,21-,23-,25?/m1/s1. The summed E-state index contributed by atoms with van der Waals surface area (Å²) in [5.41, 5.74) is 5.61. The van der Waals surface area contributed by atoms with E-state index in [4.69, 9.17) is 4.99 Å². The molecule has 4 atom stereocenters. The van der Waals surface area contributed by atoms with Crippen molar-refractivity contribution in [3.63, 3.8) is 0 Å². The number of piperazine rings is 1. The van der Waals surface area contributed by atoms with Gasteiger partial charge in [-0.3, -0.25) is 9.89 Å². The van der Waals surface area contributed by atoms with Crippen LogP contribution in [-0.2, 0) is 5.54 Å². The van der Waals surface area contributed by atoms with Crippen LogP contribution in [0.3, 0.4) is 0 Å². The minimum absolute atomic E-state index is 0.0244. The SMILES string of the molecule is CC1CN[C@@H]2CC3(N4CCN(c5ccccc5)CC4)C=Nc4cccc(c43)[C@H]2C1. The second-order valence-electron chi connectivity index (χ2n) is 9.40. The summed E-state index contributed by atoms with van der Waals surface area (Å²) < 4.78 is 0. The van der Waals surface area contributed by atoms with Crippen molar-refractivity contribution in [2.24, 2.45) is 10.9 Å². The van der Waals surface area contributed by atoms with Gasteiger partial charge in [-0.15, -0.1) is 0 Å². The molecule has 6 rings (SSSR count). The zero-order chi connectivity index (χ0) is 19.4. The Morgan fingerprint density at radius 2 is 1.83 bits per heavy atom. The zero-order valence-electron chi connectivity index (χ0n) is 17.2. The fourth-order valence-corrected chi connectivity index (χ4v) is 6.28. The van der Waals surface area contributed by atoms with Gasteiger partial charge < -0.3 is 10.2 Å². The van der Waals surface area contributed by atoms with Crippen molar-refractivity contribution in [1.29, 1.82) is 0 Å². The molecular formula is C25H30N4. The van der Waals surface area contributed by atoms with Gasteiger partial charge >= 0.3 is 0 Å². The lowest BCUT2D eigenvalue weighted by Crippen LogP contribution is -2.61. The van der Waals surface area contributed by atoms with Crippen molar-refractivity contribution in [3.05, 3.63) is 59.7 Å². The first-order valence-electron chi connectivity index (χ1n) is 11.2. The average molecular weight is 387 g/mol. The number of benzene rings is 2. The van der Waals surface area contributed by atoms with E-state index in [1.807, 2.05) is 0 Å². The van der Waals surface area contributed by atoms with Gasteiger partial charge in [0.15, 0.2) is 0 Å². The Hall–Kier alpha value is -2.17. The molecule has 4 heteroatoms. The molecule has 2 fully saturated rings. The lowest BCUT2D eigenvalue weighted by Gasteiger charge is -2.52. The quantitative estimate of drug-likeness (QED) is 0.849. The molecule has 0 aromatic heterocycles. The molecule has 0 bridgehead atoms. The molecule has 1 N–H and O–H groups in total. The van der Waals surface area contributed by atoms with E-state index in [2.05, 4.69) is 76.8 Å². The fourth-order valence-electron chi connectivity index (χ4n) is 6.28. The number of nitrogens with one attached hydrogen (secondary N) is 1. The van der Waals surface area contributed by atoms with Crippen molar-refractivity contribution in [1.82, 2.24) is 10.2 Å². The Labute approximate surface area is 173 Å². The van der Waals surface area contributed by atoms with Gasteiger partial charge in [0.2, 0.25) is 0 Å². The number of para-hydroxylation sites is 1. The molecule has 0 saturated carbocycles. The highest BCUT2D eigenvalue weighted by Gasteiger charge is 2.52. The monoisotopic (exact) mass is 386 g/mol. The molecule has 0 radical (unpaired) electrons. The third-order valence-electron chi connectivity index (χ3n) is 7.69. The fraction of sp³-hybridized carbons (Fsp3) is 0.480. The summed E-state index contributed by atoms with van der Waals surface area (Å²) in [5, 5.41) is 3.90. The van der Waals surface area contributed by atoms with Gasteiger partial charge in [-0.05, 0) is 49.1 Å². The van der Waals surface area contributed by atoms with Gasteiger partial charge in [-0.25, -0.2) is 0 Å². The van der Waals surface area contributed by atoms with Gasteiger partial charge in [0.25, 0.3) is 0 Å². The van der Waals surface area contributed by atoms with Crippen molar-refractivity contribution >= 4 is 17.6 Å². The number of aliphatic imine (C=N–C) groups is 1. The average Bonchev–Trinajstić information content (AvgIpc) is 3.16. The van der Waals surface area contributed by atoms with Gasteiger partial charge in [0, 0.05) is 55.6 Å². The summed E-state index contributed by atoms with van der Waals surface area (Å²) in [6, 6.07) is 18.2. The van der Waals surface area contributed by atoms with E-state index in [0.29, 0.717) is 12.0 Å². The first kappa shape index (κ1) is 17.7. The first-order valence-corrected chi connectivity index (χ1v) is 11.2. The minimum Gasteiger partial charge on any atom is -0.369 e. The molecule has 4 aliphatic rings. The summed E-state index contributed by atoms with van der Waals surface area (Å²) in [4.78, 5) is 10.2. The predicted molar refractivity (Wildman–Crippen MR) is 119 cm³/mol. The maximum atomic E-state index is 4.95. The largest absolute Gasteiger partial charge is 0.369 e. The molecule has 2 aromatic carbocycles. The van der Waals surface area contributed by atoms with Gasteiger partial charge in [-0.2, -0.15) is 0 Å². The van der Waals surface area contributed by atoms with E-state index in [-0.39, 0.29) is 5.54 Å². The summed E-state index contributed by atoms with van der Waals surface area (Å²) in [7, 11) is 0. The maximum Gasteiger partial charge on any atom is 0.0859 e. The summed E-state index contributed by atoms with van der Waals surface area (Å²) in [6.07, 6.45) is 4.74. The predicted octanol–water partition coefficient (Wildman–Crippen LogP) is 3.91. The lowest BCUT2D eigenvalue weighted by molar-refractivity contribution is 0.0969. The highest BCUT2D eigenvalue weighted by molar-refractivity contribution is 5.87. The molecule has 4 nitrogen and oxygen atoms in total. The van der Waals surface area contributed by atoms with Crippen LogP contribution in [0.5, 0.6) is 0 Å². The molecular weight excluding hydrogens is 356 g/mol. The van der Waals surface area contributed by atoms with E-state index >= 15 is 0 Å². The first-order chi connectivity index (χ1) is 14.2. The molecule has 0 spiro atoms. The Morgan fingerprint density at radius 1 is 1.00 bits per heavy atom. The van der Waals surface area contributed by atoms with Crippen molar-refractivity contribution < 1.29 is 0 Å². The Morgan fingerprint density at radius 3 is 2.66 bits per heavy atom. The van der Waals surface area contributed by atoms with Crippen LogP contribution in [0.4, 0.5) is 11.4 Å². The number of nitrogens with zero attached hydrogens (tertiary/aromatic N) is 3. The number of piperidine rings is 1. The van der Waals surface area contributed by atoms with Crippen molar-refractivity contribution in [2.45, 2.75) is 37.3 Å². The highest BCUT2D eigenvalue weighted by Crippen LogP contribution is 2.53. The third kappa shape index (κ3) is 2.69. The molecule has 29 heavy (non-hydrogen) atoms. The molecule has 2 unspecified atom stereocenters. The van der Waals surface area contributed by atoms with E-state index < -0.39 is 0 Å². The Balaban J connectivity index is 1.33. The van der Waals surface area contributed by atoms with Crippen LogP contribution in [0.2, 0.25) is 0 Å². The Bertz CT molecular complexity index is 931. The lowest BCUT2D eigenvalue weighted by atomic mass is 9.65. The Kier molecular flexibility index (Phi) is 4.07. The molecule has 3 heterocycles. The normalized spacial score (nSPS) is 33.4. The smallest absolute Gasteiger partial charge is 0.0859 e. The third-order valence-corrected chi connectivity index (χ3v) is 7.69. The van der Waals surface area contributed by atoms with E-state index in [0.717, 1.165) is 45.1 Å². The van der Waals surface area contributed by atoms with Crippen LogP contribution in [0.1, 0.15) is 36.8 Å². The summed E-state index contributed by atoms with van der Waals surface area (Å²) in [6.45, 7) is 7.86. The van der Waals surface area contributed by atoms with Crippen LogP contribution in [-0.4, -0.2) is 49.9 Å². The molecule has 3 aliphatic heterocycles. The van der Waals surface area contributed by atoms with Gasteiger partial charge in [0.05, 0.1) is 11.2 Å². The molecule has 0 amide bonds. The maximum absolute atomic E-state index is 4.95. The van der Waals surface area contributed by atoms with E-state index in [1.54, 1.807) is 5.56 Å². The van der Waals surface area contributed by atoms with Crippen LogP contribution in [0.15, 0.2) is 53.5 Å². The van der Waals surface area contributed by atoms with Crippen LogP contribution < -0.4 is 10.2 Å². The van der Waals surface area contributed by atoms with Crippen LogP contribution >= 0.6 is 0 Å². The number of anilines is 1. The second-order valence-corrected chi connectivity index (χ2v) is 9.40. The summed E-state index contributed by atoms with van der Waals surface area (Å²) >= 11 is 0. The van der Waals surface area contributed by atoms with Gasteiger partial charge in [0.1, 0.15) is 0 Å². The number of fused-ring (bicyclic) bond motifs is 2.